The molecule has 0 spiro atoms. The highest BCUT2D eigenvalue weighted by atomic mass is 32.2. The van der Waals surface area contributed by atoms with E-state index >= 15 is 0 Å². The quantitative estimate of drug-likeness (QED) is 0.851. The van der Waals surface area contributed by atoms with Gasteiger partial charge < -0.3 is 10.1 Å². The number of anilines is 1. The van der Waals surface area contributed by atoms with Gasteiger partial charge in [0.15, 0.2) is 0 Å². The van der Waals surface area contributed by atoms with E-state index in [1.807, 2.05) is 0 Å². The van der Waals surface area contributed by atoms with E-state index in [1.54, 1.807) is 6.07 Å². The first-order valence-electron chi connectivity index (χ1n) is 8.22. The molecule has 1 aromatic rings. The lowest BCUT2D eigenvalue weighted by atomic mass is 9.78. The van der Waals surface area contributed by atoms with Crippen molar-refractivity contribution in [2.45, 2.75) is 51.0 Å². The second kappa shape index (κ2) is 7.53. The summed E-state index contributed by atoms with van der Waals surface area (Å²) in [4.78, 5) is 11.4. The Hall–Kier alpha value is -1.60. The van der Waals surface area contributed by atoms with Crippen molar-refractivity contribution < 1.29 is 17.9 Å². The minimum absolute atomic E-state index is 0.0648. The van der Waals surface area contributed by atoms with Gasteiger partial charge in [0.25, 0.3) is 0 Å². The van der Waals surface area contributed by atoms with Gasteiger partial charge in [0.05, 0.1) is 17.7 Å². The number of hydrogen-bond donors (Lipinski definition) is 2. The van der Waals surface area contributed by atoms with Crippen LogP contribution in [0.15, 0.2) is 23.1 Å². The lowest BCUT2D eigenvalue weighted by molar-refractivity contribution is -0.114. The number of nitrogens with one attached hydrogen (secondary N) is 2. The van der Waals surface area contributed by atoms with Crippen molar-refractivity contribution in [2.24, 2.45) is 11.8 Å². The summed E-state index contributed by atoms with van der Waals surface area (Å²) in [6.07, 6.45) is 3.01. The molecule has 1 aliphatic carbocycles. The second-order valence-corrected chi connectivity index (χ2v) is 8.25. The Labute approximate surface area is 144 Å². The van der Waals surface area contributed by atoms with Gasteiger partial charge in [-0.05, 0) is 36.5 Å². The molecule has 1 fully saturated rings. The van der Waals surface area contributed by atoms with Gasteiger partial charge in [-0.1, -0.05) is 26.7 Å². The molecular weight excluding hydrogens is 328 g/mol. The van der Waals surface area contributed by atoms with E-state index in [-0.39, 0.29) is 16.8 Å². The summed E-state index contributed by atoms with van der Waals surface area (Å²) < 4.78 is 33.4. The van der Waals surface area contributed by atoms with Crippen LogP contribution in [0, 0.1) is 11.8 Å². The average Bonchev–Trinajstić information content (AvgIpc) is 2.51. The van der Waals surface area contributed by atoms with E-state index in [9.17, 15) is 13.2 Å². The zero-order valence-electron chi connectivity index (χ0n) is 14.6. The predicted octanol–water partition coefficient (Wildman–Crippen LogP) is 2.76. The molecule has 24 heavy (non-hydrogen) atoms. The minimum atomic E-state index is -3.66. The first-order chi connectivity index (χ1) is 11.2. The van der Waals surface area contributed by atoms with Crippen LogP contribution in [0.1, 0.15) is 40.0 Å². The van der Waals surface area contributed by atoms with Crippen molar-refractivity contribution in [1.29, 1.82) is 0 Å². The number of methoxy groups -OCH3 is 1. The van der Waals surface area contributed by atoms with Crippen LogP contribution < -0.4 is 14.8 Å². The SMILES string of the molecule is COc1ccc(S(=O)(=O)N[C@@H]2CCC[C@H](C)[C@H]2C)cc1NC(C)=O. The third-order valence-electron chi connectivity index (χ3n) is 4.81. The molecule has 6 nitrogen and oxygen atoms in total. The van der Waals surface area contributed by atoms with E-state index in [0.717, 1.165) is 19.3 Å². The molecule has 3 atom stereocenters. The van der Waals surface area contributed by atoms with Crippen LogP contribution in [0.3, 0.4) is 0 Å². The molecule has 1 aliphatic rings. The topological polar surface area (TPSA) is 84.5 Å². The van der Waals surface area contributed by atoms with Crippen molar-refractivity contribution >= 4 is 21.6 Å². The molecule has 0 aromatic heterocycles. The standard InChI is InChI=1S/C17H26N2O4S/c1-11-6-5-7-15(12(11)2)19-24(21,22)14-8-9-17(23-4)16(10-14)18-13(3)20/h8-12,15,19H,5-7H2,1-4H3,(H,18,20)/t11-,12+,15+/m0/s1. The molecule has 0 bridgehead atoms. The van der Waals surface area contributed by atoms with E-state index in [4.69, 9.17) is 4.74 Å². The summed E-state index contributed by atoms with van der Waals surface area (Å²) in [6, 6.07) is 4.40. The highest BCUT2D eigenvalue weighted by Crippen LogP contribution is 2.32. The molecule has 0 heterocycles. The molecule has 1 amide bonds. The van der Waals surface area contributed by atoms with E-state index < -0.39 is 10.0 Å². The molecule has 2 N–H and O–H groups in total. The monoisotopic (exact) mass is 354 g/mol. The van der Waals surface area contributed by atoms with Gasteiger partial charge in [-0.2, -0.15) is 0 Å². The van der Waals surface area contributed by atoms with Crippen LogP contribution in [0.4, 0.5) is 5.69 Å². The lowest BCUT2D eigenvalue weighted by Crippen LogP contribution is -2.43. The smallest absolute Gasteiger partial charge is 0.240 e. The van der Waals surface area contributed by atoms with Crippen molar-refractivity contribution in [3.63, 3.8) is 0 Å². The van der Waals surface area contributed by atoms with Crippen LogP contribution in [0.5, 0.6) is 5.75 Å². The van der Waals surface area contributed by atoms with Crippen LogP contribution >= 0.6 is 0 Å². The van der Waals surface area contributed by atoms with E-state index in [1.165, 1.54) is 26.2 Å². The molecule has 1 saturated carbocycles. The number of hydrogen-bond acceptors (Lipinski definition) is 4. The number of sulfonamides is 1. The third kappa shape index (κ3) is 4.27. The van der Waals surface area contributed by atoms with E-state index in [2.05, 4.69) is 23.9 Å². The molecule has 2 rings (SSSR count). The fourth-order valence-corrected chi connectivity index (χ4v) is 4.54. The normalized spacial score (nSPS) is 24.4. The Balaban J connectivity index is 2.27. The third-order valence-corrected chi connectivity index (χ3v) is 6.29. The summed E-state index contributed by atoms with van der Waals surface area (Å²) in [6.45, 7) is 5.62. The molecule has 134 valence electrons. The summed E-state index contributed by atoms with van der Waals surface area (Å²) in [7, 11) is -2.19. The zero-order valence-corrected chi connectivity index (χ0v) is 15.4. The summed E-state index contributed by atoms with van der Waals surface area (Å²) in [5, 5.41) is 2.60. The Bertz CT molecular complexity index is 703. The largest absolute Gasteiger partial charge is 0.495 e. The maximum Gasteiger partial charge on any atom is 0.240 e. The molecular formula is C17H26N2O4S. The van der Waals surface area contributed by atoms with Gasteiger partial charge >= 0.3 is 0 Å². The number of carbonyl (C=O) groups is 1. The minimum Gasteiger partial charge on any atom is -0.495 e. The maximum atomic E-state index is 12.7. The molecule has 0 radical (unpaired) electrons. The molecule has 0 unspecified atom stereocenters. The van der Waals surface area contributed by atoms with E-state index in [0.29, 0.717) is 23.3 Å². The van der Waals surface area contributed by atoms with Gasteiger partial charge in [-0.25, -0.2) is 13.1 Å². The predicted molar refractivity (Wildman–Crippen MR) is 93.6 cm³/mol. The number of amides is 1. The molecule has 0 aliphatic heterocycles. The fraction of sp³-hybridized carbons (Fsp3) is 0.588. The Morgan fingerprint density at radius 2 is 1.96 bits per heavy atom. The molecule has 0 saturated heterocycles. The van der Waals surface area contributed by atoms with Crippen molar-refractivity contribution in [3.8, 4) is 5.75 Å². The van der Waals surface area contributed by atoms with Gasteiger partial charge in [0, 0.05) is 13.0 Å². The van der Waals surface area contributed by atoms with Gasteiger partial charge in [0.1, 0.15) is 5.75 Å². The fourth-order valence-electron chi connectivity index (χ4n) is 3.16. The van der Waals surface area contributed by atoms with Crippen LogP contribution in [-0.4, -0.2) is 27.5 Å². The molecule has 7 heteroatoms. The lowest BCUT2D eigenvalue weighted by Gasteiger charge is -2.34. The Morgan fingerprint density at radius 1 is 1.25 bits per heavy atom. The first kappa shape index (κ1) is 18.7. The van der Waals surface area contributed by atoms with Gasteiger partial charge in [-0.3, -0.25) is 4.79 Å². The van der Waals surface area contributed by atoms with Crippen molar-refractivity contribution in [3.05, 3.63) is 18.2 Å². The van der Waals surface area contributed by atoms with Crippen molar-refractivity contribution in [1.82, 2.24) is 4.72 Å². The van der Waals surface area contributed by atoms with Crippen LogP contribution in [-0.2, 0) is 14.8 Å². The van der Waals surface area contributed by atoms with Crippen molar-refractivity contribution in [2.75, 3.05) is 12.4 Å². The summed E-state index contributed by atoms with van der Waals surface area (Å²) in [5.74, 6) is 0.924. The highest BCUT2D eigenvalue weighted by molar-refractivity contribution is 7.89. The number of rotatable bonds is 5. The Morgan fingerprint density at radius 3 is 2.58 bits per heavy atom. The Kier molecular flexibility index (Phi) is 5.87. The first-order valence-corrected chi connectivity index (χ1v) is 9.71. The summed E-state index contributed by atoms with van der Waals surface area (Å²) in [5.41, 5.74) is 0.345. The van der Waals surface area contributed by atoms with Crippen LogP contribution in [0.25, 0.3) is 0 Å². The number of ether oxygens (including phenoxy) is 1. The number of benzene rings is 1. The second-order valence-electron chi connectivity index (χ2n) is 6.54. The summed E-state index contributed by atoms with van der Waals surface area (Å²) >= 11 is 0. The molecule has 1 aromatic carbocycles. The zero-order chi connectivity index (χ0) is 17.9. The average molecular weight is 354 g/mol. The van der Waals surface area contributed by atoms with Gasteiger partial charge in [-0.15, -0.1) is 0 Å². The number of carbonyl (C=O) groups excluding carboxylic acids is 1. The van der Waals surface area contributed by atoms with Crippen LogP contribution in [0.2, 0.25) is 0 Å². The highest BCUT2D eigenvalue weighted by Gasteiger charge is 2.31. The maximum absolute atomic E-state index is 12.7. The van der Waals surface area contributed by atoms with Gasteiger partial charge in [0.2, 0.25) is 15.9 Å².